The van der Waals surface area contributed by atoms with Crippen molar-refractivity contribution < 1.29 is 14.7 Å². The first-order valence-electron chi connectivity index (χ1n) is 6.64. The molecule has 1 fully saturated rings. The van der Waals surface area contributed by atoms with Crippen LogP contribution in [0.4, 0.5) is 0 Å². The van der Waals surface area contributed by atoms with E-state index in [0.717, 1.165) is 26.2 Å². The fourth-order valence-electron chi connectivity index (χ4n) is 2.02. The first-order valence-corrected chi connectivity index (χ1v) is 6.64. The van der Waals surface area contributed by atoms with E-state index in [4.69, 9.17) is 5.11 Å². The Kier molecular flexibility index (Phi) is 5.59. The predicted molar refractivity (Wildman–Crippen MR) is 69.3 cm³/mol. The number of carbonyl (C=O) groups excluding carboxylic acids is 1. The molecule has 0 aliphatic carbocycles. The summed E-state index contributed by atoms with van der Waals surface area (Å²) in [6.45, 7) is 9.68. The molecule has 0 aromatic heterocycles. The molecule has 104 valence electrons. The Hall–Kier alpha value is -1.10. The second-order valence-corrected chi connectivity index (χ2v) is 5.34. The number of aliphatic carboxylic acids is 1. The standard InChI is InChI=1S/C13H24N2O3/c1-10(2)11(3)13(18)15-8-6-14(7-9-15)5-4-12(16)17/h10-11H,4-9H2,1-3H3,(H,16,17). The van der Waals surface area contributed by atoms with Crippen molar-refractivity contribution in [1.29, 1.82) is 0 Å². The Bertz CT molecular complexity index is 297. The summed E-state index contributed by atoms with van der Waals surface area (Å²) in [5.41, 5.74) is 0. The molecule has 1 rings (SSSR count). The minimum absolute atomic E-state index is 0.0653. The van der Waals surface area contributed by atoms with Crippen LogP contribution in [0.25, 0.3) is 0 Å². The monoisotopic (exact) mass is 256 g/mol. The number of hydrogen-bond donors (Lipinski definition) is 1. The fourth-order valence-corrected chi connectivity index (χ4v) is 2.02. The van der Waals surface area contributed by atoms with Crippen molar-refractivity contribution in [3.05, 3.63) is 0 Å². The molecule has 1 heterocycles. The molecule has 0 aromatic carbocycles. The Labute approximate surface area is 109 Å². The second kappa shape index (κ2) is 6.73. The van der Waals surface area contributed by atoms with E-state index in [1.165, 1.54) is 0 Å². The average Bonchev–Trinajstić information content (AvgIpc) is 2.35. The topological polar surface area (TPSA) is 60.9 Å². The van der Waals surface area contributed by atoms with Gasteiger partial charge in [0.05, 0.1) is 6.42 Å². The van der Waals surface area contributed by atoms with Crippen LogP contribution in [-0.4, -0.2) is 59.5 Å². The van der Waals surface area contributed by atoms with Gasteiger partial charge in [0.15, 0.2) is 0 Å². The number of carboxylic acid groups (broad SMARTS) is 1. The summed E-state index contributed by atoms with van der Waals surface area (Å²) in [6.07, 6.45) is 0.177. The highest BCUT2D eigenvalue weighted by Gasteiger charge is 2.26. The van der Waals surface area contributed by atoms with E-state index in [9.17, 15) is 9.59 Å². The summed E-state index contributed by atoms with van der Waals surface area (Å²) in [7, 11) is 0. The van der Waals surface area contributed by atoms with Crippen LogP contribution >= 0.6 is 0 Å². The number of piperazine rings is 1. The van der Waals surface area contributed by atoms with Gasteiger partial charge in [-0.2, -0.15) is 0 Å². The molecule has 0 radical (unpaired) electrons. The maximum absolute atomic E-state index is 12.1. The molecule has 18 heavy (non-hydrogen) atoms. The van der Waals surface area contributed by atoms with E-state index in [1.54, 1.807) is 0 Å². The molecule has 5 nitrogen and oxygen atoms in total. The molecule has 1 saturated heterocycles. The zero-order valence-corrected chi connectivity index (χ0v) is 11.6. The highest BCUT2D eigenvalue weighted by Crippen LogP contribution is 2.15. The molecular formula is C13H24N2O3. The van der Waals surface area contributed by atoms with Crippen LogP contribution in [0.5, 0.6) is 0 Å². The maximum atomic E-state index is 12.1. The molecular weight excluding hydrogens is 232 g/mol. The maximum Gasteiger partial charge on any atom is 0.304 e. The number of hydrogen-bond acceptors (Lipinski definition) is 3. The van der Waals surface area contributed by atoms with E-state index in [-0.39, 0.29) is 18.2 Å². The Morgan fingerprint density at radius 3 is 2.11 bits per heavy atom. The van der Waals surface area contributed by atoms with E-state index >= 15 is 0 Å². The number of rotatable bonds is 5. The predicted octanol–water partition coefficient (Wildman–Crippen LogP) is 0.897. The zero-order chi connectivity index (χ0) is 13.7. The third kappa shape index (κ3) is 4.29. The third-order valence-corrected chi connectivity index (χ3v) is 3.72. The molecule has 5 heteroatoms. The number of carbonyl (C=O) groups is 2. The molecule has 1 atom stereocenters. The van der Waals surface area contributed by atoms with Gasteiger partial charge in [0.1, 0.15) is 0 Å². The van der Waals surface area contributed by atoms with Crippen molar-refractivity contribution in [3.8, 4) is 0 Å². The smallest absolute Gasteiger partial charge is 0.304 e. The summed E-state index contributed by atoms with van der Waals surface area (Å²) in [5.74, 6) is -0.108. The van der Waals surface area contributed by atoms with Crippen LogP contribution in [-0.2, 0) is 9.59 Å². The first-order chi connectivity index (χ1) is 8.41. The van der Waals surface area contributed by atoms with E-state index < -0.39 is 5.97 Å². The van der Waals surface area contributed by atoms with Gasteiger partial charge in [0.2, 0.25) is 5.91 Å². The van der Waals surface area contributed by atoms with E-state index in [1.807, 2.05) is 11.8 Å². The van der Waals surface area contributed by atoms with Crippen molar-refractivity contribution in [2.75, 3.05) is 32.7 Å². The molecule has 1 amide bonds. The lowest BCUT2D eigenvalue weighted by molar-refractivity contribution is -0.140. The van der Waals surface area contributed by atoms with Gasteiger partial charge in [-0.05, 0) is 5.92 Å². The summed E-state index contributed by atoms with van der Waals surface area (Å²) < 4.78 is 0. The lowest BCUT2D eigenvalue weighted by Crippen LogP contribution is -2.50. The molecule has 0 aromatic rings. The van der Waals surface area contributed by atoms with Gasteiger partial charge in [-0.25, -0.2) is 0 Å². The zero-order valence-electron chi connectivity index (χ0n) is 11.6. The average molecular weight is 256 g/mol. The highest BCUT2D eigenvalue weighted by atomic mass is 16.4. The van der Waals surface area contributed by atoms with Gasteiger partial charge in [0, 0.05) is 38.6 Å². The minimum atomic E-state index is -0.762. The van der Waals surface area contributed by atoms with Crippen LogP contribution < -0.4 is 0 Å². The van der Waals surface area contributed by atoms with Gasteiger partial charge >= 0.3 is 5.97 Å². The SMILES string of the molecule is CC(C)C(C)C(=O)N1CCN(CCC(=O)O)CC1. The molecule has 1 unspecified atom stereocenters. The molecule has 1 aliphatic heterocycles. The summed E-state index contributed by atoms with van der Waals surface area (Å²) >= 11 is 0. The van der Waals surface area contributed by atoms with Crippen LogP contribution in [0.15, 0.2) is 0 Å². The fraction of sp³-hybridized carbons (Fsp3) is 0.846. The molecule has 1 N–H and O–H groups in total. The van der Waals surface area contributed by atoms with Crippen molar-refractivity contribution in [2.24, 2.45) is 11.8 Å². The van der Waals surface area contributed by atoms with Crippen molar-refractivity contribution in [1.82, 2.24) is 9.80 Å². The van der Waals surface area contributed by atoms with Gasteiger partial charge in [-0.1, -0.05) is 20.8 Å². The molecule has 0 spiro atoms. The number of nitrogens with zero attached hydrogens (tertiary/aromatic N) is 2. The van der Waals surface area contributed by atoms with Gasteiger partial charge in [-0.3, -0.25) is 14.5 Å². The Morgan fingerprint density at radius 1 is 1.11 bits per heavy atom. The molecule has 0 bridgehead atoms. The quantitative estimate of drug-likeness (QED) is 0.794. The highest BCUT2D eigenvalue weighted by molar-refractivity contribution is 5.78. The summed E-state index contributed by atoms with van der Waals surface area (Å²) in [4.78, 5) is 26.6. The van der Waals surface area contributed by atoms with Gasteiger partial charge < -0.3 is 10.0 Å². The van der Waals surface area contributed by atoms with Crippen molar-refractivity contribution in [3.63, 3.8) is 0 Å². The second-order valence-electron chi connectivity index (χ2n) is 5.34. The molecule has 1 aliphatic rings. The van der Waals surface area contributed by atoms with Crippen LogP contribution in [0.2, 0.25) is 0 Å². The normalized spacial score (nSPS) is 19.0. The summed E-state index contributed by atoms with van der Waals surface area (Å²) in [5, 5.41) is 8.63. The van der Waals surface area contributed by atoms with E-state index in [2.05, 4.69) is 18.7 Å². The van der Waals surface area contributed by atoms with Crippen molar-refractivity contribution in [2.45, 2.75) is 27.2 Å². The lowest BCUT2D eigenvalue weighted by atomic mass is 9.96. The summed E-state index contributed by atoms with van der Waals surface area (Å²) in [6, 6.07) is 0. The Morgan fingerprint density at radius 2 is 1.67 bits per heavy atom. The Balaban J connectivity index is 2.35. The lowest BCUT2D eigenvalue weighted by Gasteiger charge is -2.36. The number of amides is 1. The van der Waals surface area contributed by atoms with E-state index in [0.29, 0.717) is 12.5 Å². The third-order valence-electron chi connectivity index (χ3n) is 3.72. The first kappa shape index (κ1) is 15.0. The van der Waals surface area contributed by atoms with Crippen molar-refractivity contribution >= 4 is 11.9 Å². The van der Waals surface area contributed by atoms with Gasteiger partial charge in [-0.15, -0.1) is 0 Å². The largest absolute Gasteiger partial charge is 0.481 e. The molecule has 0 saturated carbocycles. The number of carboxylic acids is 1. The van der Waals surface area contributed by atoms with Crippen LogP contribution in [0.3, 0.4) is 0 Å². The minimum Gasteiger partial charge on any atom is -0.481 e. The van der Waals surface area contributed by atoms with Crippen LogP contribution in [0, 0.1) is 11.8 Å². The van der Waals surface area contributed by atoms with Gasteiger partial charge in [0.25, 0.3) is 0 Å². The van der Waals surface area contributed by atoms with Crippen LogP contribution in [0.1, 0.15) is 27.2 Å².